The normalized spacial score (nSPS) is 9.88. The highest BCUT2D eigenvalue weighted by atomic mass is 16.2. The number of hydrogen-bond donors (Lipinski definition) is 3. The van der Waals surface area contributed by atoms with Gasteiger partial charge in [-0.25, -0.2) is 0 Å². The van der Waals surface area contributed by atoms with Gasteiger partial charge >= 0.3 is 0 Å². The number of nitrogens with zero attached hydrogens (tertiary/aromatic N) is 1. The van der Waals surface area contributed by atoms with Crippen LogP contribution in [0.1, 0.15) is 20.7 Å². The molecule has 0 aliphatic heterocycles. The zero-order valence-electron chi connectivity index (χ0n) is 8.81. The van der Waals surface area contributed by atoms with Crippen LogP contribution in [-0.2, 0) is 0 Å². The molecule has 0 aliphatic carbocycles. The highest BCUT2D eigenvalue weighted by Crippen LogP contribution is 2.07. The van der Waals surface area contributed by atoms with E-state index in [4.69, 9.17) is 5.73 Å². The molecule has 0 radical (unpaired) electrons. The minimum absolute atomic E-state index is 0.287. The number of anilines is 1. The zero-order chi connectivity index (χ0) is 12.3. The quantitative estimate of drug-likeness (QED) is 0.725. The van der Waals surface area contributed by atoms with E-state index in [1.54, 1.807) is 6.07 Å². The summed E-state index contributed by atoms with van der Waals surface area (Å²) < 4.78 is 0. The number of carbonyl (C=O) groups is 2. The first-order valence-electron chi connectivity index (χ1n) is 4.87. The summed E-state index contributed by atoms with van der Waals surface area (Å²) in [5.74, 6) is -0.301. The third-order valence-electron chi connectivity index (χ3n) is 2.18. The van der Waals surface area contributed by atoms with Gasteiger partial charge in [-0.05, 0) is 24.3 Å². The summed E-state index contributed by atoms with van der Waals surface area (Å²) >= 11 is 0. The van der Waals surface area contributed by atoms with Gasteiger partial charge in [0.05, 0.1) is 6.20 Å². The Hall–Kier alpha value is -2.63. The first-order valence-corrected chi connectivity index (χ1v) is 4.87. The number of nitrogens with one attached hydrogen (secondary N) is 2. The van der Waals surface area contributed by atoms with Crippen LogP contribution >= 0.6 is 0 Å². The van der Waals surface area contributed by atoms with Gasteiger partial charge in [0.1, 0.15) is 5.82 Å². The van der Waals surface area contributed by atoms with Crippen molar-refractivity contribution in [1.82, 2.24) is 10.2 Å². The van der Waals surface area contributed by atoms with Gasteiger partial charge in [-0.1, -0.05) is 0 Å². The summed E-state index contributed by atoms with van der Waals surface area (Å²) in [6.45, 7) is 0. The average molecular weight is 230 g/mol. The lowest BCUT2D eigenvalue weighted by molar-refractivity contribution is 0.0995. The van der Waals surface area contributed by atoms with Gasteiger partial charge in [0.2, 0.25) is 5.91 Å². The molecule has 17 heavy (non-hydrogen) atoms. The van der Waals surface area contributed by atoms with Crippen molar-refractivity contribution >= 4 is 17.6 Å². The highest BCUT2D eigenvalue weighted by Gasteiger charge is 2.07. The maximum atomic E-state index is 11.7. The molecule has 0 atom stereocenters. The molecule has 6 nitrogen and oxygen atoms in total. The average Bonchev–Trinajstić information content (AvgIpc) is 2.82. The number of hydrogen-bond acceptors (Lipinski definition) is 3. The standard InChI is InChI=1S/C11H10N4O2/c12-10(16)7-1-3-8(4-2-7)11(17)14-9-5-6-13-15-9/h1-6H,(H2,12,16)(H2,13,14,15,17). The number of primary amides is 1. The van der Waals surface area contributed by atoms with Crippen LogP contribution in [0.25, 0.3) is 0 Å². The van der Waals surface area contributed by atoms with Gasteiger partial charge in [0.25, 0.3) is 5.91 Å². The number of aromatic nitrogens is 2. The van der Waals surface area contributed by atoms with E-state index in [9.17, 15) is 9.59 Å². The molecule has 0 spiro atoms. The largest absolute Gasteiger partial charge is 0.366 e. The Kier molecular flexibility index (Phi) is 2.87. The smallest absolute Gasteiger partial charge is 0.256 e. The molecule has 2 rings (SSSR count). The molecule has 0 fully saturated rings. The third kappa shape index (κ3) is 2.49. The highest BCUT2D eigenvalue weighted by molar-refractivity contribution is 6.04. The Morgan fingerprint density at radius 3 is 2.29 bits per heavy atom. The second-order valence-corrected chi connectivity index (χ2v) is 3.37. The molecule has 4 N–H and O–H groups in total. The Bertz CT molecular complexity index is 531. The fraction of sp³-hybridized carbons (Fsp3) is 0. The molecule has 1 aromatic carbocycles. The lowest BCUT2D eigenvalue weighted by Crippen LogP contribution is -2.14. The predicted octanol–water partition coefficient (Wildman–Crippen LogP) is 0.761. The van der Waals surface area contributed by atoms with E-state index in [1.807, 2.05) is 0 Å². The van der Waals surface area contributed by atoms with Crippen molar-refractivity contribution in [2.75, 3.05) is 5.32 Å². The first-order chi connectivity index (χ1) is 8.16. The van der Waals surface area contributed by atoms with Gasteiger partial charge in [0.15, 0.2) is 0 Å². The van der Waals surface area contributed by atoms with Crippen molar-refractivity contribution in [1.29, 1.82) is 0 Å². The molecule has 0 saturated heterocycles. The van der Waals surface area contributed by atoms with Crippen LogP contribution < -0.4 is 11.1 Å². The van der Waals surface area contributed by atoms with Gasteiger partial charge in [-0.3, -0.25) is 14.7 Å². The number of carbonyl (C=O) groups excluding carboxylic acids is 2. The van der Waals surface area contributed by atoms with Crippen molar-refractivity contribution in [3.8, 4) is 0 Å². The molecule has 2 amide bonds. The molecule has 1 heterocycles. The van der Waals surface area contributed by atoms with E-state index in [1.165, 1.54) is 30.5 Å². The van der Waals surface area contributed by atoms with Crippen LogP contribution in [0, 0.1) is 0 Å². The second kappa shape index (κ2) is 4.48. The maximum absolute atomic E-state index is 11.7. The Morgan fingerprint density at radius 1 is 1.12 bits per heavy atom. The molecular weight excluding hydrogens is 220 g/mol. The van der Waals surface area contributed by atoms with Crippen LogP contribution in [0.2, 0.25) is 0 Å². The Balaban J connectivity index is 2.12. The van der Waals surface area contributed by atoms with E-state index in [2.05, 4.69) is 15.5 Å². The van der Waals surface area contributed by atoms with Gasteiger partial charge in [-0.2, -0.15) is 5.10 Å². The number of amides is 2. The van der Waals surface area contributed by atoms with Crippen molar-refractivity contribution in [3.05, 3.63) is 47.7 Å². The van der Waals surface area contributed by atoms with Crippen LogP contribution in [-0.4, -0.2) is 22.0 Å². The summed E-state index contributed by atoms with van der Waals surface area (Å²) in [6.07, 6.45) is 1.53. The first kappa shape index (κ1) is 10.9. The number of H-pyrrole nitrogens is 1. The van der Waals surface area contributed by atoms with Gasteiger partial charge in [-0.15, -0.1) is 0 Å². The Morgan fingerprint density at radius 2 is 1.76 bits per heavy atom. The molecule has 1 aromatic heterocycles. The van der Waals surface area contributed by atoms with Gasteiger partial charge < -0.3 is 11.1 Å². The minimum Gasteiger partial charge on any atom is -0.366 e. The molecule has 0 aliphatic rings. The summed E-state index contributed by atoms with van der Waals surface area (Å²) in [5, 5.41) is 8.93. The summed E-state index contributed by atoms with van der Waals surface area (Å²) in [5.41, 5.74) is 5.90. The number of rotatable bonds is 3. The van der Waals surface area contributed by atoms with E-state index < -0.39 is 5.91 Å². The predicted molar refractivity (Wildman–Crippen MR) is 61.5 cm³/mol. The van der Waals surface area contributed by atoms with Crippen LogP contribution in [0.15, 0.2) is 36.5 Å². The molecule has 6 heteroatoms. The third-order valence-corrected chi connectivity index (χ3v) is 2.18. The second-order valence-electron chi connectivity index (χ2n) is 3.37. The van der Waals surface area contributed by atoms with Crippen molar-refractivity contribution in [2.45, 2.75) is 0 Å². The van der Waals surface area contributed by atoms with Crippen LogP contribution in [0.5, 0.6) is 0 Å². The van der Waals surface area contributed by atoms with E-state index >= 15 is 0 Å². The molecule has 0 saturated carbocycles. The van der Waals surface area contributed by atoms with E-state index in [0.717, 1.165) is 0 Å². The number of aromatic amines is 1. The Labute approximate surface area is 96.8 Å². The van der Waals surface area contributed by atoms with Crippen molar-refractivity contribution < 1.29 is 9.59 Å². The fourth-order valence-corrected chi connectivity index (χ4v) is 1.31. The maximum Gasteiger partial charge on any atom is 0.256 e. The topological polar surface area (TPSA) is 101 Å². The van der Waals surface area contributed by atoms with Crippen molar-refractivity contribution in [3.63, 3.8) is 0 Å². The SMILES string of the molecule is NC(=O)c1ccc(C(=O)Nc2ccn[nH]2)cc1. The lowest BCUT2D eigenvalue weighted by Gasteiger charge is -2.02. The van der Waals surface area contributed by atoms with E-state index in [-0.39, 0.29) is 5.91 Å². The van der Waals surface area contributed by atoms with Crippen LogP contribution in [0.4, 0.5) is 5.82 Å². The number of benzene rings is 1. The molecule has 86 valence electrons. The van der Waals surface area contributed by atoms with Crippen LogP contribution in [0.3, 0.4) is 0 Å². The molecular formula is C11H10N4O2. The van der Waals surface area contributed by atoms with Gasteiger partial charge in [0, 0.05) is 17.2 Å². The minimum atomic E-state index is -0.523. The monoisotopic (exact) mass is 230 g/mol. The van der Waals surface area contributed by atoms with E-state index in [0.29, 0.717) is 16.9 Å². The molecule has 0 bridgehead atoms. The summed E-state index contributed by atoms with van der Waals surface area (Å²) in [7, 11) is 0. The zero-order valence-corrected chi connectivity index (χ0v) is 8.81. The summed E-state index contributed by atoms with van der Waals surface area (Å²) in [6, 6.07) is 7.71. The lowest BCUT2D eigenvalue weighted by atomic mass is 10.1. The summed E-state index contributed by atoms with van der Waals surface area (Å²) in [4.78, 5) is 22.6. The molecule has 0 unspecified atom stereocenters. The fourth-order valence-electron chi connectivity index (χ4n) is 1.31. The molecule has 2 aromatic rings. The van der Waals surface area contributed by atoms with Crippen molar-refractivity contribution in [2.24, 2.45) is 5.73 Å². The number of nitrogens with two attached hydrogens (primary N) is 1.